The smallest absolute Gasteiger partial charge is 0.393 e. The molecular weight excluding hydrogens is 633 g/mol. The van der Waals surface area contributed by atoms with Crippen molar-refractivity contribution in [3.05, 3.63) is 12.2 Å². The third-order valence-corrected chi connectivity index (χ3v) is 9.61. The summed E-state index contributed by atoms with van der Waals surface area (Å²) in [7, 11) is -5.12. The Bertz CT molecular complexity index is 880. The van der Waals surface area contributed by atoms with E-state index in [0.717, 1.165) is 44.9 Å². The zero-order valence-electron chi connectivity index (χ0n) is 28.4. The van der Waals surface area contributed by atoms with Crippen LogP contribution in [0, 0.1) is 0 Å². The number of hydrogen-bond acceptors (Lipinski definition) is 11. The molecule has 0 aromatic rings. The Morgan fingerprint density at radius 3 is 1.74 bits per heavy atom. The maximum absolute atomic E-state index is 12.8. The highest BCUT2D eigenvalue weighted by Gasteiger charge is 2.51. The molecule has 8 unspecified atom stereocenters. The fourth-order valence-corrected chi connectivity index (χ4v) is 6.56. The van der Waals surface area contributed by atoms with Crippen LogP contribution in [0.5, 0.6) is 0 Å². The van der Waals surface area contributed by atoms with E-state index in [2.05, 4.69) is 19.2 Å². The minimum Gasteiger partial charge on any atom is -0.393 e. The predicted molar refractivity (Wildman–Crippen MR) is 178 cm³/mol. The van der Waals surface area contributed by atoms with E-state index in [-0.39, 0.29) is 6.42 Å². The fourth-order valence-electron chi connectivity index (χ4n) is 5.59. The van der Waals surface area contributed by atoms with E-state index in [1.807, 2.05) is 0 Å². The summed E-state index contributed by atoms with van der Waals surface area (Å²) in [5.74, 6) is -0.600. The minimum atomic E-state index is -5.12. The topological polar surface area (TPSA) is 226 Å². The molecule has 0 aliphatic heterocycles. The van der Waals surface area contributed by atoms with Crippen molar-refractivity contribution in [1.82, 2.24) is 5.32 Å². The predicted octanol–water partition coefficient (Wildman–Crippen LogP) is 3.13. The largest absolute Gasteiger partial charge is 0.472 e. The van der Waals surface area contributed by atoms with Gasteiger partial charge in [0.2, 0.25) is 5.91 Å². The lowest BCUT2D eigenvalue weighted by molar-refractivity contribution is -0.220. The number of amides is 1. The molecule has 1 rings (SSSR count). The number of rotatable bonds is 27. The highest BCUT2D eigenvalue weighted by atomic mass is 31.2. The number of nitrogens with one attached hydrogen (secondary N) is 1. The van der Waals surface area contributed by atoms with Crippen LogP contribution < -0.4 is 5.32 Å². The van der Waals surface area contributed by atoms with Crippen LogP contribution in [0.2, 0.25) is 0 Å². The number of unbranched alkanes of at least 4 members (excludes halogenated alkanes) is 14. The molecule has 0 aromatic carbocycles. The molecule has 14 heteroatoms. The zero-order valence-corrected chi connectivity index (χ0v) is 29.3. The van der Waals surface area contributed by atoms with Crippen molar-refractivity contribution >= 4 is 13.7 Å². The van der Waals surface area contributed by atoms with Crippen molar-refractivity contribution in [1.29, 1.82) is 0 Å². The monoisotopic (exact) mass is 697 g/mol. The maximum atomic E-state index is 12.8. The molecule has 0 saturated heterocycles. The highest BCUT2D eigenvalue weighted by molar-refractivity contribution is 7.47. The minimum absolute atomic E-state index is 0.243. The number of phosphoric ester groups is 1. The molecule has 13 nitrogen and oxygen atoms in total. The van der Waals surface area contributed by atoms with Gasteiger partial charge in [-0.1, -0.05) is 116 Å². The molecular formula is C33H64NO12P. The second-order valence-electron chi connectivity index (χ2n) is 12.9. The third kappa shape index (κ3) is 18.6. The van der Waals surface area contributed by atoms with Gasteiger partial charge in [0.05, 0.1) is 31.3 Å². The highest BCUT2D eigenvalue weighted by Crippen LogP contribution is 2.47. The van der Waals surface area contributed by atoms with Crippen molar-refractivity contribution < 1.29 is 59.0 Å². The standard InChI is InChI=1S/C33H64NO12P/c1-3-5-7-9-11-12-13-15-17-19-21-26(36)25(34-27(37)22-24(35)20-18-16-14-10-8-6-4-2)23-45-47(43,44)46-33-31(41)29(39)28(38)30(40)32(33)42/h19,21,24-26,28-33,35-36,38-42H,3-18,20,22-23H2,1-2H3,(H,34,37)(H,43,44)/b21-19+. The van der Waals surface area contributed by atoms with Crippen molar-refractivity contribution in [2.45, 2.75) is 184 Å². The van der Waals surface area contributed by atoms with Crippen LogP contribution in [0.4, 0.5) is 0 Å². The van der Waals surface area contributed by atoms with Gasteiger partial charge in [-0.2, -0.15) is 0 Å². The molecule has 47 heavy (non-hydrogen) atoms. The molecule has 0 radical (unpaired) electrons. The lowest BCUT2D eigenvalue weighted by atomic mass is 9.85. The molecule has 1 aliphatic carbocycles. The summed E-state index contributed by atoms with van der Waals surface area (Å²) in [5, 5.41) is 73.6. The number of carbonyl (C=O) groups is 1. The third-order valence-electron chi connectivity index (χ3n) is 8.62. The molecule has 1 fully saturated rings. The van der Waals surface area contributed by atoms with Crippen LogP contribution in [0.15, 0.2) is 12.2 Å². The Balaban J connectivity index is 2.74. The lowest BCUT2D eigenvalue weighted by Crippen LogP contribution is -2.64. The summed E-state index contributed by atoms with van der Waals surface area (Å²) >= 11 is 0. The van der Waals surface area contributed by atoms with E-state index in [1.165, 1.54) is 57.4 Å². The van der Waals surface area contributed by atoms with Gasteiger partial charge in [0, 0.05) is 0 Å². The summed E-state index contributed by atoms with van der Waals surface area (Å²) in [6.07, 6.45) is 6.52. The summed E-state index contributed by atoms with van der Waals surface area (Å²) in [4.78, 5) is 23.1. The van der Waals surface area contributed by atoms with Gasteiger partial charge in [-0.3, -0.25) is 13.8 Å². The summed E-state index contributed by atoms with van der Waals surface area (Å²) in [6, 6.07) is -1.23. The first-order chi connectivity index (χ1) is 22.3. The first kappa shape index (κ1) is 44.1. The number of hydrogen-bond donors (Lipinski definition) is 9. The van der Waals surface area contributed by atoms with Crippen molar-refractivity contribution in [2.75, 3.05) is 6.61 Å². The average Bonchev–Trinajstić information content (AvgIpc) is 3.03. The second kappa shape index (κ2) is 25.1. The van der Waals surface area contributed by atoms with Gasteiger partial charge in [0.15, 0.2) is 0 Å². The molecule has 0 bridgehead atoms. The van der Waals surface area contributed by atoms with Gasteiger partial charge in [-0.15, -0.1) is 0 Å². The van der Waals surface area contributed by atoms with E-state index < -0.39 is 75.2 Å². The van der Waals surface area contributed by atoms with Gasteiger partial charge in [-0.25, -0.2) is 4.57 Å². The Morgan fingerprint density at radius 2 is 1.21 bits per heavy atom. The molecule has 0 heterocycles. The average molecular weight is 698 g/mol. The molecule has 1 aliphatic rings. The molecule has 0 aromatic heterocycles. The first-order valence-corrected chi connectivity index (χ1v) is 19.2. The van der Waals surface area contributed by atoms with Crippen LogP contribution >= 0.6 is 7.82 Å². The molecule has 1 saturated carbocycles. The summed E-state index contributed by atoms with van der Waals surface area (Å²) < 4.78 is 22.6. The lowest BCUT2D eigenvalue weighted by Gasteiger charge is -2.41. The SMILES string of the molecule is CCCCCCCCCC/C=C/C(O)C(COP(=O)(O)OC1C(O)C(O)C(O)C(O)C1O)NC(=O)CC(O)CCCCCCCCC. The second-order valence-corrected chi connectivity index (χ2v) is 14.3. The molecule has 278 valence electrons. The van der Waals surface area contributed by atoms with Gasteiger partial charge >= 0.3 is 7.82 Å². The van der Waals surface area contributed by atoms with Crippen LogP contribution in [-0.4, -0.2) is 108 Å². The molecule has 0 spiro atoms. The van der Waals surface area contributed by atoms with Crippen molar-refractivity contribution in [3.63, 3.8) is 0 Å². The number of allylic oxidation sites excluding steroid dienone is 1. The van der Waals surface area contributed by atoms with E-state index in [0.29, 0.717) is 12.8 Å². The van der Waals surface area contributed by atoms with E-state index in [4.69, 9.17) is 9.05 Å². The fraction of sp³-hybridized carbons (Fsp3) is 0.909. The van der Waals surface area contributed by atoms with Crippen molar-refractivity contribution in [3.8, 4) is 0 Å². The molecule has 1 amide bonds. The normalized spacial score (nSPS) is 26.6. The number of aliphatic hydroxyl groups is 7. The van der Waals surface area contributed by atoms with E-state index >= 15 is 0 Å². The maximum Gasteiger partial charge on any atom is 0.472 e. The van der Waals surface area contributed by atoms with Gasteiger partial charge in [-0.05, 0) is 19.3 Å². The molecule has 8 atom stereocenters. The van der Waals surface area contributed by atoms with Crippen LogP contribution in [-0.2, 0) is 18.4 Å². The Kier molecular flexibility index (Phi) is 23.5. The summed E-state index contributed by atoms with van der Waals surface area (Å²) in [5.41, 5.74) is 0. The van der Waals surface area contributed by atoms with Crippen LogP contribution in [0.3, 0.4) is 0 Å². The summed E-state index contributed by atoms with van der Waals surface area (Å²) in [6.45, 7) is 3.60. The van der Waals surface area contributed by atoms with E-state index in [1.54, 1.807) is 6.08 Å². The van der Waals surface area contributed by atoms with Crippen LogP contribution in [0.25, 0.3) is 0 Å². The first-order valence-electron chi connectivity index (χ1n) is 17.7. The zero-order chi connectivity index (χ0) is 35.2. The Morgan fingerprint density at radius 1 is 0.745 bits per heavy atom. The Labute approximate surface area is 281 Å². The number of phosphoric acid groups is 1. The van der Waals surface area contributed by atoms with E-state index in [9.17, 15) is 50.0 Å². The van der Waals surface area contributed by atoms with Gasteiger partial charge < -0.3 is 46.0 Å². The van der Waals surface area contributed by atoms with Gasteiger partial charge in [0.25, 0.3) is 0 Å². The molecule has 9 N–H and O–H groups in total. The van der Waals surface area contributed by atoms with Crippen molar-refractivity contribution in [2.24, 2.45) is 0 Å². The number of carbonyl (C=O) groups excluding carboxylic acids is 1. The van der Waals surface area contributed by atoms with Gasteiger partial charge in [0.1, 0.15) is 36.6 Å². The Hall–Kier alpha value is -0.960. The quantitative estimate of drug-likeness (QED) is 0.0343. The number of aliphatic hydroxyl groups excluding tert-OH is 7. The van der Waals surface area contributed by atoms with Crippen LogP contribution in [0.1, 0.15) is 129 Å².